The lowest BCUT2D eigenvalue weighted by atomic mass is 9.87. The zero-order valence-electron chi connectivity index (χ0n) is 26.3. The molecule has 0 radical (unpaired) electrons. The standard InChI is InChI=1S/C35H72O3/c1-3-5-7-9-11-13-15-17-19-21-23-25-27-29-31-34(37)35(38,33-36)32-30-28-26-24-22-20-18-16-14-12-10-8-6-4-2/h34,36-38H,3-33H2,1-2H3. The van der Waals surface area contributed by atoms with Crippen molar-refractivity contribution in [1.82, 2.24) is 0 Å². The van der Waals surface area contributed by atoms with E-state index in [0.29, 0.717) is 12.8 Å². The summed E-state index contributed by atoms with van der Waals surface area (Å²) < 4.78 is 0. The van der Waals surface area contributed by atoms with E-state index in [1.807, 2.05) is 0 Å². The van der Waals surface area contributed by atoms with Crippen molar-refractivity contribution in [3.05, 3.63) is 0 Å². The second-order valence-corrected chi connectivity index (χ2v) is 12.5. The second kappa shape index (κ2) is 29.9. The highest BCUT2D eigenvalue weighted by atomic mass is 16.4. The van der Waals surface area contributed by atoms with Crippen LogP contribution in [0.5, 0.6) is 0 Å². The van der Waals surface area contributed by atoms with E-state index in [1.54, 1.807) is 0 Å². The molecule has 0 rings (SSSR count). The van der Waals surface area contributed by atoms with E-state index in [1.165, 1.54) is 154 Å². The molecule has 2 atom stereocenters. The maximum absolute atomic E-state index is 10.8. The fourth-order valence-electron chi connectivity index (χ4n) is 5.78. The molecule has 0 aromatic carbocycles. The molecule has 0 aliphatic rings. The van der Waals surface area contributed by atoms with Crippen molar-refractivity contribution in [2.24, 2.45) is 0 Å². The van der Waals surface area contributed by atoms with Crippen LogP contribution in [0.2, 0.25) is 0 Å². The van der Waals surface area contributed by atoms with Crippen molar-refractivity contribution in [2.45, 2.75) is 218 Å². The Morgan fingerprint density at radius 2 is 0.684 bits per heavy atom. The van der Waals surface area contributed by atoms with Crippen molar-refractivity contribution in [3.8, 4) is 0 Å². The number of hydrogen-bond acceptors (Lipinski definition) is 3. The molecule has 230 valence electrons. The maximum Gasteiger partial charge on any atom is 0.113 e. The lowest BCUT2D eigenvalue weighted by Crippen LogP contribution is -2.45. The van der Waals surface area contributed by atoms with Crippen LogP contribution in [0.4, 0.5) is 0 Å². The lowest BCUT2D eigenvalue weighted by Gasteiger charge is -2.31. The van der Waals surface area contributed by atoms with Crippen LogP contribution in [-0.4, -0.2) is 33.6 Å². The van der Waals surface area contributed by atoms with E-state index >= 15 is 0 Å². The molecule has 0 heterocycles. The van der Waals surface area contributed by atoms with Gasteiger partial charge in [-0.15, -0.1) is 0 Å². The maximum atomic E-state index is 10.8. The van der Waals surface area contributed by atoms with Crippen LogP contribution in [0.15, 0.2) is 0 Å². The summed E-state index contributed by atoms with van der Waals surface area (Å²) in [4.78, 5) is 0. The van der Waals surface area contributed by atoms with Crippen molar-refractivity contribution in [2.75, 3.05) is 6.61 Å². The van der Waals surface area contributed by atoms with E-state index < -0.39 is 11.7 Å². The molecule has 3 nitrogen and oxygen atoms in total. The first kappa shape index (κ1) is 37.9. The number of aliphatic hydroxyl groups is 3. The minimum atomic E-state index is -1.31. The number of aliphatic hydroxyl groups excluding tert-OH is 2. The van der Waals surface area contributed by atoms with Gasteiger partial charge in [0.15, 0.2) is 0 Å². The molecule has 0 aliphatic carbocycles. The van der Waals surface area contributed by atoms with Crippen LogP contribution < -0.4 is 0 Å². The minimum Gasteiger partial charge on any atom is -0.393 e. The Labute approximate surface area is 240 Å². The fraction of sp³-hybridized carbons (Fsp3) is 1.00. The number of hydrogen-bond donors (Lipinski definition) is 3. The van der Waals surface area contributed by atoms with Crippen LogP contribution in [0.25, 0.3) is 0 Å². The summed E-state index contributed by atoms with van der Waals surface area (Å²) in [6.07, 6.45) is 37.1. The quantitative estimate of drug-likeness (QED) is 0.0743. The average Bonchev–Trinajstić information content (AvgIpc) is 2.93. The van der Waals surface area contributed by atoms with Gasteiger partial charge < -0.3 is 15.3 Å². The molecule has 2 unspecified atom stereocenters. The summed E-state index contributed by atoms with van der Waals surface area (Å²) in [6.45, 7) is 4.22. The highest BCUT2D eigenvalue weighted by Crippen LogP contribution is 2.24. The van der Waals surface area contributed by atoms with Gasteiger partial charge in [-0.1, -0.05) is 194 Å². The summed E-state index contributed by atoms with van der Waals surface area (Å²) in [6, 6.07) is 0. The van der Waals surface area contributed by atoms with Gasteiger partial charge in [0, 0.05) is 0 Å². The Morgan fingerprint density at radius 1 is 0.421 bits per heavy atom. The van der Waals surface area contributed by atoms with Gasteiger partial charge in [-0.2, -0.15) is 0 Å². The Morgan fingerprint density at radius 3 is 0.974 bits per heavy atom. The third-order valence-corrected chi connectivity index (χ3v) is 8.69. The van der Waals surface area contributed by atoms with Crippen molar-refractivity contribution in [1.29, 1.82) is 0 Å². The van der Waals surface area contributed by atoms with Gasteiger partial charge in [0.1, 0.15) is 5.60 Å². The van der Waals surface area contributed by atoms with E-state index in [2.05, 4.69) is 13.8 Å². The minimum absolute atomic E-state index is 0.328. The Bertz CT molecular complexity index is 441. The topological polar surface area (TPSA) is 60.7 Å². The van der Waals surface area contributed by atoms with Gasteiger partial charge >= 0.3 is 0 Å². The zero-order valence-corrected chi connectivity index (χ0v) is 26.3. The molecule has 0 aliphatic heterocycles. The highest BCUT2D eigenvalue weighted by molar-refractivity contribution is 4.85. The molecule has 0 amide bonds. The molecule has 0 aromatic rings. The predicted octanol–water partition coefficient (Wildman–Crippen LogP) is 10.8. The van der Waals surface area contributed by atoms with Gasteiger partial charge in [0.25, 0.3) is 0 Å². The van der Waals surface area contributed by atoms with Crippen molar-refractivity contribution < 1.29 is 15.3 Å². The number of rotatable bonds is 32. The molecule has 0 fully saturated rings. The predicted molar refractivity (Wildman–Crippen MR) is 168 cm³/mol. The van der Waals surface area contributed by atoms with Gasteiger partial charge in [-0.05, 0) is 12.8 Å². The van der Waals surface area contributed by atoms with Gasteiger partial charge in [0.2, 0.25) is 0 Å². The SMILES string of the molecule is CCCCCCCCCCCCCCCCC(O)C(O)(CO)CCCCCCCCCCCCCCCC. The van der Waals surface area contributed by atoms with Crippen LogP contribution in [0.3, 0.4) is 0 Å². The summed E-state index contributed by atoms with van der Waals surface area (Å²) in [5.41, 5.74) is -1.31. The second-order valence-electron chi connectivity index (χ2n) is 12.5. The molecule has 0 aromatic heterocycles. The van der Waals surface area contributed by atoms with Gasteiger partial charge in [-0.25, -0.2) is 0 Å². The molecule has 3 N–H and O–H groups in total. The zero-order chi connectivity index (χ0) is 28.0. The monoisotopic (exact) mass is 541 g/mol. The molecule has 38 heavy (non-hydrogen) atoms. The van der Waals surface area contributed by atoms with E-state index in [0.717, 1.165) is 25.7 Å². The Balaban J connectivity index is 3.55. The summed E-state index contributed by atoms with van der Waals surface area (Å²) in [7, 11) is 0. The third-order valence-electron chi connectivity index (χ3n) is 8.69. The summed E-state index contributed by atoms with van der Waals surface area (Å²) in [5, 5.41) is 31.1. The first-order chi connectivity index (χ1) is 18.6. The van der Waals surface area contributed by atoms with Gasteiger partial charge in [-0.3, -0.25) is 0 Å². The van der Waals surface area contributed by atoms with E-state index in [-0.39, 0.29) is 6.61 Å². The van der Waals surface area contributed by atoms with Crippen molar-refractivity contribution in [3.63, 3.8) is 0 Å². The summed E-state index contributed by atoms with van der Waals surface area (Å²) in [5.74, 6) is 0. The molecule has 0 spiro atoms. The average molecular weight is 541 g/mol. The van der Waals surface area contributed by atoms with Crippen LogP contribution in [-0.2, 0) is 0 Å². The molecular formula is C35H72O3. The third kappa shape index (κ3) is 24.9. The van der Waals surface area contributed by atoms with E-state index in [9.17, 15) is 15.3 Å². The summed E-state index contributed by atoms with van der Waals surface area (Å²) >= 11 is 0. The van der Waals surface area contributed by atoms with Gasteiger partial charge in [0.05, 0.1) is 12.7 Å². The number of unbranched alkanes of at least 4 members (excludes halogenated alkanes) is 26. The molecule has 3 heteroatoms. The molecular weight excluding hydrogens is 468 g/mol. The Hall–Kier alpha value is -0.120. The van der Waals surface area contributed by atoms with Crippen LogP contribution in [0, 0.1) is 0 Å². The lowest BCUT2D eigenvalue weighted by molar-refractivity contribution is -0.114. The van der Waals surface area contributed by atoms with E-state index in [4.69, 9.17) is 0 Å². The van der Waals surface area contributed by atoms with Crippen molar-refractivity contribution >= 4 is 0 Å². The molecule has 0 bridgehead atoms. The fourth-order valence-corrected chi connectivity index (χ4v) is 5.78. The largest absolute Gasteiger partial charge is 0.393 e. The first-order valence-corrected chi connectivity index (χ1v) is 17.6. The normalized spacial score (nSPS) is 14.1. The Kier molecular flexibility index (Phi) is 29.8. The van der Waals surface area contributed by atoms with Crippen LogP contribution in [0.1, 0.15) is 206 Å². The molecule has 0 saturated carbocycles. The van der Waals surface area contributed by atoms with Crippen LogP contribution >= 0.6 is 0 Å². The first-order valence-electron chi connectivity index (χ1n) is 17.6. The highest BCUT2D eigenvalue weighted by Gasteiger charge is 2.33. The smallest absolute Gasteiger partial charge is 0.113 e. The molecule has 0 saturated heterocycles.